The van der Waals surface area contributed by atoms with E-state index in [1.807, 2.05) is 38.1 Å². The molecule has 21 heavy (non-hydrogen) atoms. The van der Waals surface area contributed by atoms with E-state index in [4.69, 9.17) is 11.6 Å². The average Bonchev–Trinajstić information content (AvgIpc) is 2.85. The van der Waals surface area contributed by atoms with Crippen LogP contribution in [-0.2, 0) is 0 Å². The topological polar surface area (TPSA) is 44.9 Å². The third kappa shape index (κ3) is 2.65. The maximum absolute atomic E-state index is 12.5. The molecule has 0 aliphatic rings. The number of anilines is 1. The molecule has 4 heteroatoms. The second-order valence-corrected chi connectivity index (χ2v) is 5.60. The fourth-order valence-corrected chi connectivity index (χ4v) is 2.60. The van der Waals surface area contributed by atoms with Gasteiger partial charge in [-0.3, -0.25) is 4.79 Å². The number of aryl methyl sites for hydroxylation is 2. The number of hydrogen-bond donors (Lipinski definition) is 2. The summed E-state index contributed by atoms with van der Waals surface area (Å²) in [6.07, 6.45) is 1.71. The zero-order valence-corrected chi connectivity index (χ0v) is 12.6. The summed E-state index contributed by atoms with van der Waals surface area (Å²) in [7, 11) is 0. The first-order chi connectivity index (χ1) is 10.0. The molecule has 1 aromatic heterocycles. The van der Waals surface area contributed by atoms with E-state index in [1.54, 1.807) is 18.3 Å². The second-order valence-electron chi connectivity index (χ2n) is 5.16. The summed E-state index contributed by atoms with van der Waals surface area (Å²) < 4.78 is 0. The van der Waals surface area contributed by atoms with Crippen molar-refractivity contribution in [3.8, 4) is 0 Å². The van der Waals surface area contributed by atoms with Crippen LogP contribution in [0.2, 0.25) is 5.02 Å². The predicted octanol–water partition coefficient (Wildman–Crippen LogP) is 4.69. The van der Waals surface area contributed by atoms with E-state index in [0.717, 1.165) is 22.2 Å². The van der Waals surface area contributed by atoms with Gasteiger partial charge in [0.05, 0.1) is 5.56 Å². The molecule has 3 rings (SSSR count). The lowest BCUT2D eigenvalue weighted by Gasteiger charge is -2.08. The van der Waals surface area contributed by atoms with E-state index >= 15 is 0 Å². The molecule has 0 saturated carbocycles. The van der Waals surface area contributed by atoms with Crippen molar-refractivity contribution in [1.29, 1.82) is 0 Å². The fourth-order valence-electron chi connectivity index (χ4n) is 2.42. The number of carbonyl (C=O) groups excluding carboxylic acids is 1. The lowest BCUT2D eigenvalue weighted by Crippen LogP contribution is -2.12. The summed E-state index contributed by atoms with van der Waals surface area (Å²) in [5.74, 6) is -0.143. The number of aromatic nitrogens is 1. The van der Waals surface area contributed by atoms with Gasteiger partial charge in [-0.15, -0.1) is 0 Å². The van der Waals surface area contributed by atoms with E-state index in [2.05, 4.69) is 10.3 Å². The molecule has 0 fully saturated rings. The van der Waals surface area contributed by atoms with Gasteiger partial charge in [-0.25, -0.2) is 0 Å². The molecule has 1 heterocycles. The zero-order chi connectivity index (χ0) is 15.0. The van der Waals surface area contributed by atoms with Gasteiger partial charge in [-0.1, -0.05) is 29.3 Å². The first-order valence-electron chi connectivity index (χ1n) is 6.70. The summed E-state index contributed by atoms with van der Waals surface area (Å²) >= 11 is 6.01. The third-order valence-electron chi connectivity index (χ3n) is 3.52. The molecule has 0 aliphatic heterocycles. The minimum atomic E-state index is -0.143. The van der Waals surface area contributed by atoms with E-state index in [0.29, 0.717) is 10.6 Å². The Hall–Kier alpha value is -2.26. The summed E-state index contributed by atoms with van der Waals surface area (Å²) in [6, 6.07) is 11.4. The maximum Gasteiger partial charge on any atom is 0.257 e. The molecule has 0 bridgehead atoms. The van der Waals surface area contributed by atoms with Crippen LogP contribution in [0, 0.1) is 13.8 Å². The summed E-state index contributed by atoms with van der Waals surface area (Å²) in [5, 5.41) is 4.39. The van der Waals surface area contributed by atoms with Crippen molar-refractivity contribution in [2.24, 2.45) is 0 Å². The van der Waals surface area contributed by atoms with E-state index in [9.17, 15) is 4.79 Å². The van der Waals surface area contributed by atoms with Crippen LogP contribution in [0.15, 0.2) is 42.6 Å². The molecular weight excluding hydrogens is 284 g/mol. The van der Waals surface area contributed by atoms with Crippen LogP contribution in [0.5, 0.6) is 0 Å². The highest BCUT2D eigenvalue weighted by atomic mass is 35.5. The monoisotopic (exact) mass is 298 g/mol. The number of halogens is 1. The van der Waals surface area contributed by atoms with Crippen molar-refractivity contribution in [2.45, 2.75) is 13.8 Å². The van der Waals surface area contributed by atoms with E-state index < -0.39 is 0 Å². The normalized spacial score (nSPS) is 10.8. The molecule has 3 nitrogen and oxygen atoms in total. The average molecular weight is 299 g/mol. The molecule has 0 spiro atoms. The van der Waals surface area contributed by atoms with Crippen LogP contribution in [0.25, 0.3) is 10.9 Å². The Bertz CT molecular complexity index is 836. The van der Waals surface area contributed by atoms with Crippen molar-refractivity contribution < 1.29 is 4.79 Å². The highest BCUT2D eigenvalue weighted by molar-refractivity contribution is 6.31. The number of hydrogen-bond acceptors (Lipinski definition) is 1. The van der Waals surface area contributed by atoms with Crippen LogP contribution in [0.1, 0.15) is 21.5 Å². The van der Waals surface area contributed by atoms with Crippen molar-refractivity contribution in [3.63, 3.8) is 0 Å². The minimum absolute atomic E-state index is 0.143. The molecule has 3 aromatic rings. The highest BCUT2D eigenvalue weighted by Gasteiger charge is 2.13. The Balaban J connectivity index is 1.95. The van der Waals surface area contributed by atoms with Crippen LogP contribution < -0.4 is 5.32 Å². The Morgan fingerprint density at radius 1 is 1.14 bits per heavy atom. The molecular formula is C17H15ClN2O. The van der Waals surface area contributed by atoms with Gasteiger partial charge in [0.25, 0.3) is 5.91 Å². The number of H-pyrrole nitrogens is 1. The Morgan fingerprint density at radius 3 is 2.71 bits per heavy atom. The van der Waals surface area contributed by atoms with E-state index in [1.165, 1.54) is 5.56 Å². The number of benzene rings is 2. The quantitative estimate of drug-likeness (QED) is 0.708. The minimum Gasteiger partial charge on any atom is -0.360 e. The van der Waals surface area contributed by atoms with E-state index in [-0.39, 0.29) is 5.91 Å². The van der Waals surface area contributed by atoms with Crippen LogP contribution in [0.3, 0.4) is 0 Å². The second kappa shape index (κ2) is 5.26. The number of rotatable bonds is 2. The first-order valence-corrected chi connectivity index (χ1v) is 7.07. The molecule has 2 aromatic carbocycles. The van der Waals surface area contributed by atoms with Crippen LogP contribution in [0.4, 0.5) is 5.69 Å². The Labute approximate surface area is 127 Å². The van der Waals surface area contributed by atoms with Crippen LogP contribution in [-0.4, -0.2) is 10.9 Å². The number of carbonyl (C=O) groups is 1. The van der Waals surface area contributed by atoms with Crippen molar-refractivity contribution in [1.82, 2.24) is 4.98 Å². The Kier molecular flexibility index (Phi) is 3.43. The Morgan fingerprint density at radius 2 is 1.95 bits per heavy atom. The molecule has 0 unspecified atom stereocenters. The number of amides is 1. The summed E-state index contributed by atoms with van der Waals surface area (Å²) in [5.41, 5.74) is 4.52. The lowest BCUT2D eigenvalue weighted by molar-refractivity contribution is 0.102. The predicted molar refractivity (Wildman–Crippen MR) is 87.2 cm³/mol. The van der Waals surface area contributed by atoms with Crippen molar-refractivity contribution in [2.75, 3.05) is 5.32 Å². The maximum atomic E-state index is 12.5. The number of nitrogens with one attached hydrogen (secondary N) is 2. The molecule has 106 valence electrons. The van der Waals surface area contributed by atoms with Gasteiger partial charge in [0.2, 0.25) is 0 Å². The lowest BCUT2D eigenvalue weighted by atomic mass is 10.1. The zero-order valence-electron chi connectivity index (χ0n) is 11.8. The largest absolute Gasteiger partial charge is 0.360 e. The van der Waals surface area contributed by atoms with Crippen molar-refractivity contribution in [3.05, 3.63) is 64.3 Å². The SMILES string of the molecule is Cc1ccc(NC(=O)c2c[nH]c3ccc(Cl)cc23)c(C)c1. The number of aromatic amines is 1. The third-order valence-corrected chi connectivity index (χ3v) is 3.75. The molecule has 0 atom stereocenters. The fraction of sp³-hybridized carbons (Fsp3) is 0.118. The summed E-state index contributed by atoms with van der Waals surface area (Å²) in [4.78, 5) is 15.5. The van der Waals surface area contributed by atoms with Gasteiger partial charge in [-0.2, -0.15) is 0 Å². The molecule has 1 amide bonds. The van der Waals surface area contributed by atoms with Gasteiger partial charge in [0, 0.05) is 27.8 Å². The standard InChI is InChI=1S/C17H15ClN2O/c1-10-3-5-15(11(2)7-10)20-17(21)14-9-19-16-6-4-12(18)8-13(14)16/h3-9,19H,1-2H3,(H,20,21). The highest BCUT2D eigenvalue weighted by Crippen LogP contribution is 2.24. The molecule has 0 saturated heterocycles. The van der Waals surface area contributed by atoms with Gasteiger partial charge < -0.3 is 10.3 Å². The number of fused-ring (bicyclic) bond motifs is 1. The molecule has 2 N–H and O–H groups in total. The summed E-state index contributed by atoms with van der Waals surface area (Å²) in [6.45, 7) is 4.01. The van der Waals surface area contributed by atoms with Gasteiger partial charge >= 0.3 is 0 Å². The van der Waals surface area contributed by atoms with Crippen LogP contribution >= 0.6 is 11.6 Å². The first kappa shape index (κ1) is 13.7. The smallest absolute Gasteiger partial charge is 0.257 e. The molecule has 0 radical (unpaired) electrons. The van der Waals surface area contributed by atoms with Gasteiger partial charge in [0.1, 0.15) is 0 Å². The van der Waals surface area contributed by atoms with Gasteiger partial charge in [0.15, 0.2) is 0 Å². The molecule has 0 aliphatic carbocycles. The van der Waals surface area contributed by atoms with Gasteiger partial charge in [-0.05, 0) is 43.7 Å². The van der Waals surface area contributed by atoms with Crippen molar-refractivity contribution >= 4 is 34.1 Å².